The number of benzene rings is 1. The first-order valence-corrected chi connectivity index (χ1v) is 9.06. The number of nitro benzene ring substituents is 1. The van der Waals surface area contributed by atoms with Gasteiger partial charge in [0.25, 0.3) is 5.69 Å². The van der Waals surface area contributed by atoms with Crippen molar-refractivity contribution in [2.24, 2.45) is 0 Å². The summed E-state index contributed by atoms with van der Waals surface area (Å²) in [5, 5.41) is 52.9. The maximum atomic E-state index is 10.9. The summed E-state index contributed by atoms with van der Waals surface area (Å²) >= 11 is 0. The highest BCUT2D eigenvalue weighted by Crippen LogP contribution is 2.34. The van der Waals surface area contributed by atoms with Crippen LogP contribution in [0.1, 0.15) is 17.5 Å². The first-order valence-electron chi connectivity index (χ1n) is 9.06. The lowest BCUT2D eigenvalue weighted by Gasteiger charge is -2.30. The molecule has 2 aromatic rings. The van der Waals surface area contributed by atoms with Gasteiger partial charge in [0.15, 0.2) is 12.1 Å². The number of ether oxygens (including phenoxy) is 1. The molecule has 1 fully saturated rings. The highest BCUT2D eigenvalue weighted by Gasteiger charge is 2.45. The number of aliphatic hydroxyl groups excluding tert-OH is 3. The summed E-state index contributed by atoms with van der Waals surface area (Å²) in [6, 6.07) is 6.00. The Labute approximate surface area is 169 Å². The topological polar surface area (TPSA) is 179 Å². The van der Waals surface area contributed by atoms with Gasteiger partial charge in [-0.15, -0.1) is 0 Å². The van der Waals surface area contributed by atoms with Gasteiger partial charge in [-0.1, -0.05) is 12.1 Å². The first-order chi connectivity index (χ1) is 14.4. The van der Waals surface area contributed by atoms with Crippen LogP contribution in [0.2, 0.25) is 0 Å². The van der Waals surface area contributed by atoms with Gasteiger partial charge in [0, 0.05) is 12.1 Å². The molecule has 0 unspecified atom stereocenters. The molecular weight excluding hydrogens is 400 g/mol. The van der Waals surface area contributed by atoms with Crippen LogP contribution in [-0.2, 0) is 16.2 Å². The number of non-ortho nitro benzene ring substituents is 1. The summed E-state index contributed by atoms with van der Waals surface area (Å²) in [5.41, 5.74) is 0.750. The predicted octanol–water partition coefficient (Wildman–Crippen LogP) is -0.455. The summed E-state index contributed by atoms with van der Waals surface area (Å²) in [6.07, 6.45) is -3.08. The van der Waals surface area contributed by atoms with Crippen LogP contribution in [0.4, 0.5) is 11.5 Å². The molecule has 0 aliphatic carbocycles. The number of amidine groups is 1. The molecule has 1 saturated heterocycles. The Balaban J connectivity index is 1.46. The molecule has 4 rings (SSSR count). The number of hydroxylamine groups is 2. The maximum Gasteiger partial charge on any atom is 0.269 e. The smallest absolute Gasteiger partial charge is 0.269 e. The molecule has 0 spiro atoms. The predicted molar refractivity (Wildman–Crippen MR) is 100 cm³/mol. The van der Waals surface area contributed by atoms with E-state index in [0.717, 1.165) is 0 Å². The SMILES string of the molecule is N=C1c2ncn([C@@H]3O[C@H](CO)[C@@H](O)[C@H]3O)c2NCN1OCc1cccc([N+](=O)[O-])c1. The second kappa shape index (κ2) is 7.97. The van der Waals surface area contributed by atoms with Gasteiger partial charge >= 0.3 is 0 Å². The quantitative estimate of drug-likeness (QED) is 0.303. The van der Waals surface area contributed by atoms with E-state index >= 15 is 0 Å². The lowest BCUT2D eigenvalue weighted by Crippen LogP contribution is -2.41. The molecule has 0 radical (unpaired) electrons. The summed E-state index contributed by atoms with van der Waals surface area (Å²) in [5.74, 6) is 0.338. The van der Waals surface area contributed by atoms with Gasteiger partial charge in [-0.2, -0.15) is 0 Å². The minimum atomic E-state index is -1.28. The Kier molecular flexibility index (Phi) is 5.36. The number of nitrogens with zero attached hydrogens (tertiary/aromatic N) is 4. The second-order valence-electron chi connectivity index (χ2n) is 6.84. The molecule has 1 aromatic carbocycles. The van der Waals surface area contributed by atoms with Crippen LogP contribution >= 0.6 is 0 Å². The van der Waals surface area contributed by atoms with Gasteiger partial charge < -0.3 is 25.4 Å². The Morgan fingerprint density at radius 2 is 2.20 bits per heavy atom. The number of hydrogen-bond donors (Lipinski definition) is 5. The summed E-state index contributed by atoms with van der Waals surface area (Å²) < 4.78 is 6.96. The normalized spacial score (nSPS) is 25.8. The molecule has 4 atom stereocenters. The molecule has 0 amide bonds. The van der Waals surface area contributed by atoms with Gasteiger partial charge in [-0.25, -0.2) is 10.0 Å². The van der Waals surface area contributed by atoms with Gasteiger partial charge in [0.05, 0.1) is 17.9 Å². The summed E-state index contributed by atoms with van der Waals surface area (Å²) in [4.78, 5) is 20.2. The highest BCUT2D eigenvalue weighted by molar-refractivity contribution is 5.99. The molecule has 5 N–H and O–H groups in total. The minimum absolute atomic E-state index is 0.0105. The van der Waals surface area contributed by atoms with Crippen LogP contribution in [0, 0.1) is 15.5 Å². The van der Waals surface area contributed by atoms with Crippen molar-refractivity contribution >= 4 is 17.3 Å². The van der Waals surface area contributed by atoms with E-state index in [1.807, 2.05) is 0 Å². The zero-order valence-corrected chi connectivity index (χ0v) is 15.6. The van der Waals surface area contributed by atoms with E-state index in [9.17, 15) is 25.4 Å². The Morgan fingerprint density at radius 1 is 1.40 bits per heavy atom. The number of rotatable bonds is 6. The molecule has 2 aliphatic heterocycles. The van der Waals surface area contributed by atoms with Crippen LogP contribution in [0.3, 0.4) is 0 Å². The largest absolute Gasteiger partial charge is 0.394 e. The number of imidazole rings is 1. The fourth-order valence-corrected chi connectivity index (χ4v) is 3.38. The van der Waals surface area contributed by atoms with Crippen molar-refractivity contribution in [3.63, 3.8) is 0 Å². The van der Waals surface area contributed by atoms with E-state index in [1.54, 1.807) is 12.1 Å². The average molecular weight is 420 g/mol. The third-order valence-corrected chi connectivity index (χ3v) is 4.96. The molecule has 3 heterocycles. The molecule has 0 bridgehead atoms. The average Bonchev–Trinajstić information content (AvgIpc) is 3.29. The number of aromatic nitrogens is 2. The van der Waals surface area contributed by atoms with Crippen LogP contribution in [-0.4, -0.2) is 72.3 Å². The van der Waals surface area contributed by atoms with E-state index < -0.39 is 36.1 Å². The van der Waals surface area contributed by atoms with Crippen molar-refractivity contribution in [1.82, 2.24) is 14.6 Å². The van der Waals surface area contributed by atoms with E-state index in [4.69, 9.17) is 15.0 Å². The Morgan fingerprint density at radius 3 is 2.90 bits per heavy atom. The maximum absolute atomic E-state index is 10.9. The van der Waals surface area contributed by atoms with Crippen molar-refractivity contribution in [3.8, 4) is 0 Å². The van der Waals surface area contributed by atoms with Crippen molar-refractivity contribution < 1.29 is 29.8 Å². The van der Waals surface area contributed by atoms with Gasteiger partial charge in [-0.05, 0) is 5.56 Å². The second-order valence-corrected chi connectivity index (χ2v) is 6.84. The van der Waals surface area contributed by atoms with Gasteiger partial charge in [0.1, 0.15) is 43.1 Å². The molecular formula is C17H20N6O7. The number of aliphatic hydroxyl groups is 3. The fraction of sp³-hybridized carbons (Fsp3) is 0.412. The van der Waals surface area contributed by atoms with Crippen molar-refractivity contribution in [3.05, 3.63) is 52.0 Å². The van der Waals surface area contributed by atoms with Crippen LogP contribution in [0.5, 0.6) is 0 Å². The Bertz CT molecular complexity index is 966. The van der Waals surface area contributed by atoms with Crippen molar-refractivity contribution in [2.75, 3.05) is 18.6 Å². The molecule has 2 aliphatic rings. The summed E-state index contributed by atoms with van der Waals surface area (Å²) in [6.45, 7) is -0.369. The lowest BCUT2D eigenvalue weighted by atomic mass is 10.1. The first kappa shape index (κ1) is 20.2. The van der Waals surface area contributed by atoms with Gasteiger partial charge in [-0.3, -0.25) is 24.9 Å². The van der Waals surface area contributed by atoms with Crippen LogP contribution < -0.4 is 5.32 Å². The molecule has 1 aromatic heterocycles. The number of nitrogens with one attached hydrogen (secondary N) is 2. The van der Waals surface area contributed by atoms with Crippen molar-refractivity contribution in [1.29, 1.82) is 5.41 Å². The fourth-order valence-electron chi connectivity index (χ4n) is 3.38. The zero-order valence-electron chi connectivity index (χ0n) is 15.6. The number of fused-ring (bicyclic) bond motifs is 1. The van der Waals surface area contributed by atoms with E-state index in [2.05, 4.69) is 10.3 Å². The van der Waals surface area contributed by atoms with Gasteiger partial charge in [0.2, 0.25) is 0 Å². The van der Waals surface area contributed by atoms with Crippen LogP contribution in [0.15, 0.2) is 30.6 Å². The van der Waals surface area contributed by atoms with E-state index in [0.29, 0.717) is 11.4 Å². The molecule has 13 nitrogen and oxygen atoms in total. The molecule has 160 valence electrons. The molecule has 13 heteroatoms. The highest BCUT2D eigenvalue weighted by atomic mass is 16.7. The van der Waals surface area contributed by atoms with Crippen LogP contribution in [0.25, 0.3) is 0 Å². The third kappa shape index (κ3) is 3.48. The number of hydrogen-bond acceptors (Lipinski definition) is 10. The van der Waals surface area contributed by atoms with Crippen molar-refractivity contribution in [2.45, 2.75) is 31.1 Å². The zero-order chi connectivity index (χ0) is 21.4. The monoisotopic (exact) mass is 420 g/mol. The minimum Gasteiger partial charge on any atom is -0.394 e. The summed E-state index contributed by atoms with van der Waals surface area (Å²) in [7, 11) is 0. The molecule has 30 heavy (non-hydrogen) atoms. The number of nitro groups is 1. The lowest BCUT2D eigenvalue weighted by molar-refractivity contribution is -0.385. The molecule has 0 saturated carbocycles. The number of anilines is 1. The standard InChI is InChI=1S/C17H20N6O7/c18-15-12-16(21(7-19-12)17-14(26)13(25)11(5-24)30-17)20-8-22(15)29-6-9-2-1-3-10(4-9)23(27)28/h1-4,7,11,13-14,17-18,20,24-26H,5-6,8H2/t11-,13-,14-,17-/m1/s1. The third-order valence-electron chi connectivity index (χ3n) is 4.96. The van der Waals surface area contributed by atoms with E-state index in [1.165, 1.54) is 28.1 Å². The Hall–Kier alpha value is -3.10. The van der Waals surface area contributed by atoms with E-state index in [-0.39, 0.29) is 30.5 Å².